The van der Waals surface area contributed by atoms with E-state index in [2.05, 4.69) is 12.2 Å². The van der Waals surface area contributed by atoms with Crippen molar-refractivity contribution in [2.75, 3.05) is 11.6 Å². The van der Waals surface area contributed by atoms with E-state index in [-0.39, 0.29) is 5.54 Å². The molecule has 0 heterocycles. The Morgan fingerprint density at radius 2 is 1.94 bits per heavy atom. The zero-order valence-electron chi connectivity index (χ0n) is 10.4. The normalized spacial score (nSPS) is 18.5. The molecule has 2 rings (SSSR count). The van der Waals surface area contributed by atoms with E-state index in [0.717, 1.165) is 24.9 Å². The summed E-state index contributed by atoms with van der Waals surface area (Å²) in [6.45, 7) is 2.15. The molecule has 1 aliphatic rings. The Kier molecular flexibility index (Phi) is 3.17. The fourth-order valence-corrected chi connectivity index (χ4v) is 3.19. The lowest BCUT2D eigenvalue weighted by Crippen LogP contribution is -2.44. The molecule has 1 N–H and O–H groups in total. The molecule has 1 aromatic carbocycles. The van der Waals surface area contributed by atoms with Crippen molar-refractivity contribution in [1.82, 2.24) is 0 Å². The zero-order valence-corrected chi connectivity index (χ0v) is 11.2. The summed E-state index contributed by atoms with van der Waals surface area (Å²) in [5.74, 6) is 0. The predicted molar refractivity (Wildman–Crippen MR) is 70.0 cm³/mol. The largest absolute Gasteiger partial charge is 0.379 e. The third-order valence-electron chi connectivity index (χ3n) is 3.67. The van der Waals surface area contributed by atoms with Gasteiger partial charge >= 0.3 is 0 Å². The molecule has 0 spiro atoms. The van der Waals surface area contributed by atoms with Crippen molar-refractivity contribution >= 4 is 15.5 Å². The van der Waals surface area contributed by atoms with E-state index in [9.17, 15) is 8.42 Å². The minimum Gasteiger partial charge on any atom is -0.379 e. The van der Waals surface area contributed by atoms with E-state index in [0.29, 0.717) is 4.90 Å². The first-order valence-corrected chi connectivity index (χ1v) is 7.93. The highest BCUT2D eigenvalue weighted by atomic mass is 32.2. The van der Waals surface area contributed by atoms with Gasteiger partial charge in [-0.05, 0) is 37.8 Å². The van der Waals surface area contributed by atoms with Crippen LogP contribution in [-0.4, -0.2) is 20.2 Å². The Morgan fingerprint density at radius 3 is 2.41 bits per heavy atom. The summed E-state index contributed by atoms with van der Waals surface area (Å²) < 4.78 is 23.4. The second-order valence-corrected chi connectivity index (χ2v) is 6.86. The highest BCUT2D eigenvalue weighted by Gasteiger charge is 2.35. The molecule has 0 atom stereocenters. The maximum Gasteiger partial charge on any atom is 0.177 e. The first-order chi connectivity index (χ1) is 7.97. The summed E-state index contributed by atoms with van der Waals surface area (Å²) in [7, 11) is -3.16. The number of para-hydroxylation sites is 1. The quantitative estimate of drug-likeness (QED) is 0.897. The van der Waals surface area contributed by atoms with Crippen LogP contribution in [0.3, 0.4) is 0 Å². The average molecular weight is 253 g/mol. The molecule has 0 amide bonds. The van der Waals surface area contributed by atoms with E-state index >= 15 is 0 Å². The summed E-state index contributed by atoms with van der Waals surface area (Å²) in [6.07, 6.45) is 5.77. The summed E-state index contributed by atoms with van der Waals surface area (Å²) in [6, 6.07) is 7.16. The molecule has 1 aromatic rings. The lowest BCUT2D eigenvalue weighted by molar-refractivity contribution is 0.269. The molecule has 0 unspecified atom stereocenters. The van der Waals surface area contributed by atoms with Gasteiger partial charge in [-0.2, -0.15) is 0 Å². The molecular formula is C13H19NO2S. The van der Waals surface area contributed by atoms with Gasteiger partial charge in [0.1, 0.15) is 0 Å². The maximum atomic E-state index is 11.7. The smallest absolute Gasteiger partial charge is 0.177 e. The first-order valence-electron chi connectivity index (χ1n) is 6.04. The molecule has 3 nitrogen and oxygen atoms in total. The zero-order chi connectivity index (χ0) is 12.5. The monoisotopic (exact) mass is 253 g/mol. The Labute approximate surface area is 103 Å². The second kappa shape index (κ2) is 4.33. The van der Waals surface area contributed by atoms with Crippen LogP contribution in [0.5, 0.6) is 0 Å². The topological polar surface area (TPSA) is 46.2 Å². The van der Waals surface area contributed by atoms with E-state index in [1.165, 1.54) is 12.7 Å². The Morgan fingerprint density at radius 1 is 1.29 bits per heavy atom. The molecule has 4 heteroatoms. The van der Waals surface area contributed by atoms with Crippen LogP contribution in [0.2, 0.25) is 0 Å². The maximum absolute atomic E-state index is 11.7. The van der Waals surface area contributed by atoms with Crippen LogP contribution >= 0.6 is 0 Å². The minimum absolute atomic E-state index is 0.112. The van der Waals surface area contributed by atoms with Crippen LogP contribution in [0.25, 0.3) is 0 Å². The van der Waals surface area contributed by atoms with Gasteiger partial charge < -0.3 is 5.32 Å². The summed E-state index contributed by atoms with van der Waals surface area (Å²) >= 11 is 0. The van der Waals surface area contributed by atoms with Crippen molar-refractivity contribution in [3.8, 4) is 0 Å². The van der Waals surface area contributed by atoms with Crippen molar-refractivity contribution in [3.05, 3.63) is 24.3 Å². The summed E-state index contributed by atoms with van der Waals surface area (Å²) in [5.41, 5.74) is 0.859. The molecule has 94 valence electrons. The third-order valence-corrected chi connectivity index (χ3v) is 4.83. The Bertz CT molecular complexity index is 498. The highest BCUT2D eigenvalue weighted by Crippen LogP contribution is 2.39. The summed E-state index contributed by atoms with van der Waals surface area (Å²) in [4.78, 5) is 0.403. The van der Waals surface area contributed by atoms with Gasteiger partial charge in [0.2, 0.25) is 0 Å². The molecule has 0 aliphatic heterocycles. The lowest BCUT2D eigenvalue weighted by Gasteiger charge is -2.43. The van der Waals surface area contributed by atoms with Crippen molar-refractivity contribution in [2.45, 2.75) is 43.0 Å². The van der Waals surface area contributed by atoms with E-state index in [4.69, 9.17) is 0 Å². The van der Waals surface area contributed by atoms with E-state index in [1.54, 1.807) is 12.1 Å². The van der Waals surface area contributed by atoms with Crippen LogP contribution in [0.1, 0.15) is 32.6 Å². The molecule has 0 saturated heterocycles. The van der Waals surface area contributed by atoms with E-state index < -0.39 is 9.84 Å². The number of hydrogen-bond acceptors (Lipinski definition) is 3. The van der Waals surface area contributed by atoms with Crippen LogP contribution in [0.4, 0.5) is 5.69 Å². The second-order valence-electron chi connectivity index (χ2n) is 4.88. The number of sulfone groups is 1. The molecule has 17 heavy (non-hydrogen) atoms. The fourth-order valence-electron chi connectivity index (χ4n) is 2.35. The van der Waals surface area contributed by atoms with Gasteiger partial charge in [0.05, 0.1) is 10.6 Å². The minimum atomic E-state index is -3.16. The van der Waals surface area contributed by atoms with Crippen LogP contribution in [-0.2, 0) is 9.84 Å². The predicted octanol–water partition coefficient (Wildman–Crippen LogP) is 2.83. The molecular weight excluding hydrogens is 234 g/mol. The van der Waals surface area contributed by atoms with Crippen molar-refractivity contribution < 1.29 is 8.42 Å². The van der Waals surface area contributed by atoms with Gasteiger partial charge in [-0.1, -0.05) is 19.1 Å². The van der Waals surface area contributed by atoms with Crippen LogP contribution < -0.4 is 5.32 Å². The van der Waals surface area contributed by atoms with Gasteiger partial charge in [0, 0.05) is 11.8 Å². The number of nitrogens with one attached hydrogen (secondary N) is 1. The molecule has 1 aliphatic carbocycles. The number of anilines is 1. The van der Waals surface area contributed by atoms with Gasteiger partial charge in [0.15, 0.2) is 9.84 Å². The van der Waals surface area contributed by atoms with Crippen LogP contribution in [0, 0.1) is 0 Å². The standard InChI is InChI=1S/C13H19NO2S/c1-3-13(9-6-10-13)14-11-7-4-5-8-12(11)17(2,15)16/h4-5,7-8,14H,3,6,9-10H2,1-2H3. The van der Waals surface area contributed by atoms with Crippen molar-refractivity contribution in [3.63, 3.8) is 0 Å². The average Bonchev–Trinajstić information content (AvgIpc) is 2.23. The van der Waals surface area contributed by atoms with Gasteiger partial charge in [0.25, 0.3) is 0 Å². The number of benzene rings is 1. The van der Waals surface area contributed by atoms with Crippen LogP contribution in [0.15, 0.2) is 29.2 Å². The summed E-state index contributed by atoms with van der Waals surface area (Å²) in [5, 5.41) is 3.44. The molecule has 0 bridgehead atoms. The number of hydrogen-bond donors (Lipinski definition) is 1. The number of rotatable bonds is 4. The van der Waals surface area contributed by atoms with E-state index in [1.807, 2.05) is 12.1 Å². The lowest BCUT2D eigenvalue weighted by atomic mass is 9.74. The third kappa shape index (κ3) is 2.46. The van der Waals surface area contributed by atoms with Gasteiger partial charge in [-0.3, -0.25) is 0 Å². The van der Waals surface area contributed by atoms with Gasteiger partial charge in [-0.15, -0.1) is 0 Å². The Hall–Kier alpha value is -1.03. The SMILES string of the molecule is CCC1(Nc2ccccc2S(C)(=O)=O)CCC1. The highest BCUT2D eigenvalue weighted by molar-refractivity contribution is 7.90. The molecule has 1 saturated carbocycles. The first kappa shape index (κ1) is 12.4. The molecule has 0 radical (unpaired) electrons. The Balaban J connectivity index is 2.33. The fraction of sp³-hybridized carbons (Fsp3) is 0.538. The van der Waals surface area contributed by atoms with Crippen molar-refractivity contribution in [2.24, 2.45) is 0 Å². The molecule has 0 aromatic heterocycles. The van der Waals surface area contributed by atoms with Crippen molar-refractivity contribution in [1.29, 1.82) is 0 Å². The van der Waals surface area contributed by atoms with Gasteiger partial charge in [-0.25, -0.2) is 8.42 Å². The molecule has 1 fully saturated rings.